The molecule has 2 heteroatoms. The molecule has 0 heterocycles. The maximum Gasteiger partial charge on any atom is 1.00 e. The summed E-state index contributed by atoms with van der Waals surface area (Å²) in [7, 11) is 5.17. The van der Waals surface area contributed by atoms with Gasteiger partial charge in [0.25, 0.3) is 0 Å². The van der Waals surface area contributed by atoms with Crippen LogP contribution in [0, 0.1) is 5.92 Å². The van der Waals surface area contributed by atoms with Crippen LogP contribution in [-0.4, -0.2) is 7.85 Å². The first kappa shape index (κ1) is 9.83. The van der Waals surface area contributed by atoms with Gasteiger partial charge in [0.2, 0.25) is 0 Å². The maximum atomic E-state index is 5.17. The Hall–Kier alpha value is 0.662. The SMILES string of the molecule is [B-]CC(C)C.[Li+]. The second-order valence-electron chi connectivity index (χ2n) is 1.63. The molecule has 29 valence electrons. The zero-order chi connectivity index (χ0) is 4.28. The van der Waals surface area contributed by atoms with Gasteiger partial charge in [-0.2, -0.15) is 0 Å². The molecule has 0 atom stereocenters. The molecular formula is C4H9BLi. The Morgan fingerprint density at radius 3 is 1.67 bits per heavy atom. The zero-order valence-corrected chi connectivity index (χ0v) is 4.86. The second kappa shape index (κ2) is 5.66. The van der Waals surface area contributed by atoms with Crippen molar-refractivity contribution < 1.29 is 18.9 Å². The van der Waals surface area contributed by atoms with Gasteiger partial charge >= 0.3 is 18.9 Å². The van der Waals surface area contributed by atoms with Gasteiger partial charge in [0.1, 0.15) is 0 Å². The molecule has 0 aliphatic carbocycles. The number of hydrogen-bond acceptors (Lipinski definition) is 0. The van der Waals surface area contributed by atoms with Gasteiger partial charge in [0.15, 0.2) is 0 Å². The molecule has 0 bridgehead atoms. The molecule has 0 aliphatic heterocycles. The van der Waals surface area contributed by atoms with E-state index in [2.05, 4.69) is 13.8 Å². The van der Waals surface area contributed by atoms with E-state index in [9.17, 15) is 0 Å². The summed E-state index contributed by atoms with van der Waals surface area (Å²) >= 11 is 0. The number of rotatable bonds is 1. The third-order valence-electron chi connectivity index (χ3n) is 0.471. The molecule has 0 aromatic heterocycles. The topological polar surface area (TPSA) is 0 Å². The smallest absolute Gasteiger partial charge is 0.626 e. The summed E-state index contributed by atoms with van der Waals surface area (Å²) in [6.07, 6.45) is 0.806. The fourth-order valence-corrected chi connectivity index (χ4v) is 0. The van der Waals surface area contributed by atoms with Crippen LogP contribution >= 0.6 is 0 Å². The molecule has 0 fully saturated rings. The van der Waals surface area contributed by atoms with Crippen molar-refractivity contribution in [1.29, 1.82) is 0 Å². The van der Waals surface area contributed by atoms with E-state index in [4.69, 9.17) is 7.85 Å². The molecular weight excluding hydrogens is 65.8 g/mol. The van der Waals surface area contributed by atoms with E-state index in [1.807, 2.05) is 0 Å². The largest absolute Gasteiger partial charge is 1.00 e. The average molecular weight is 74.9 g/mol. The summed E-state index contributed by atoms with van der Waals surface area (Å²) < 4.78 is 0. The van der Waals surface area contributed by atoms with Crippen LogP contribution in [0.1, 0.15) is 13.8 Å². The first-order valence-corrected chi connectivity index (χ1v) is 1.97. The van der Waals surface area contributed by atoms with E-state index in [1.54, 1.807) is 0 Å². The van der Waals surface area contributed by atoms with Crippen molar-refractivity contribution >= 4 is 7.85 Å². The van der Waals surface area contributed by atoms with E-state index in [1.165, 1.54) is 0 Å². The van der Waals surface area contributed by atoms with Crippen LogP contribution < -0.4 is 18.9 Å². The Balaban J connectivity index is 0. The van der Waals surface area contributed by atoms with E-state index in [0.717, 1.165) is 6.32 Å². The first-order valence-electron chi connectivity index (χ1n) is 1.97. The van der Waals surface area contributed by atoms with Crippen LogP contribution in [0.15, 0.2) is 0 Å². The third kappa shape index (κ3) is 8.82. The summed E-state index contributed by atoms with van der Waals surface area (Å²) in [4.78, 5) is 0. The van der Waals surface area contributed by atoms with Crippen molar-refractivity contribution in [2.45, 2.75) is 20.2 Å². The molecule has 0 amide bonds. The molecule has 0 saturated heterocycles. The molecule has 0 unspecified atom stereocenters. The molecule has 0 aliphatic rings. The van der Waals surface area contributed by atoms with Crippen molar-refractivity contribution in [2.24, 2.45) is 5.92 Å². The van der Waals surface area contributed by atoms with Crippen LogP contribution in [0.25, 0.3) is 0 Å². The Bertz CT molecular complexity index is 21.5. The zero-order valence-electron chi connectivity index (χ0n) is 4.86. The summed E-state index contributed by atoms with van der Waals surface area (Å²) in [5.41, 5.74) is 0. The summed E-state index contributed by atoms with van der Waals surface area (Å²) in [5.74, 6) is 0.662. The Kier molecular flexibility index (Phi) is 9.27. The summed E-state index contributed by atoms with van der Waals surface area (Å²) in [5, 5.41) is 0. The van der Waals surface area contributed by atoms with Gasteiger partial charge in [-0.15, -0.1) is 0 Å². The molecule has 0 N–H and O–H groups in total. The molecule has 0 nitrogen and oxygen atoms in total. The van der Waals surface area contributed by atoms with E-state index in [-0.39, 0.29) is 18.9 Å². The molecule has 0 aromatic rings. The fraction of sp³-hybridized carbons (Fsp3) is 1.00. The minimum absolute atomic E-state index is 0. The first-order chi connectivity index (χ1) is 2.27. The van der Waals surface area contributed by atoms with Crippen molar-refractivity contribution in [3.8, 4) is 0 Å². The maximum absolute atomic E-state index is 5.17. The van der Waals surface area contributed by atoms with Crippen LogP contribution in [0.2, 0.25) is 6.32 Å². The molecule has 6 heavy (non-hydrogen) atoms. The molecule has 3 radical (unpaired) electrons. The van der Waals surface area contributed by atoms with Crippen LogP contribution in [0.4, 0.5) is 0 Å². The van der Waals surface area contributed by atoms with Crippen molar-refractivity contribution in [1.82, 2.24) is 0 Å². The van der Waals surface area contributed by atoms with Crippen molar-refractivity contribution in [2.75, 3.05) is 0 Å². The normalized spacial score (nSPS) is 8.00. The molecule has 0 aromatic carbocycles. The summed E-state index contributed by atoms with van der Waals surface area (Å²) in [6, 6.07) is 0. The minimum atomic E-state index is 0. The predicted octanol–water partition coefficient (Wildman–Crippen LogP) is -1.77. The van der Waals surface area contributed by atoms with Gasteiger partial charge < -0.3 is 7.85 Å². The Morgan fingerprint density at radius 2 is 1.67 bits per heavy atom. The molecule has 0 spiro atoms. The van der Waals surface area contributed by atoms with Gasteiger partial charge in [-0.3, -0.25) is 6.32 Å². The number of hydrogen-bond donors (Lipinski definition) is 0. The van der Waals surface area contributed by atoms with Gasteiger partial charge in [0.05, 0.1) is 0 Å². The van der Waals surface area contributed by atoms with Crippen molar-refractivity contribution in [3.63, 3.8) is 0 Å². The fourth-order valence-electron chi connectivity index (χ4n) is 0. The molecule has 0 saturated carbocycles. The summed E-state index contributed by atoms with van der Waals surface area (Å²) in [6.45, 7) is 4.19. The van der Waals surface area contributed by atoms with E-state index in [0.29, 0.717) is 5.92 Å². The predicted molar refractivity (Wildman–Crippen MR) is 25.4 cm³/mol. The van der Waals surface area contributed by atoms with Crippen LogP contribution in [0.5, 0.6) is 0 Å². The standard InChI is InChI=1S/C4H9B.Li/c1-4(2)3-5;/h4H,3H2,1-2H3;/q-1;+1. The van der Waals surface area contributed by atoms with Gasteiger partial charge in [-0.05, 0) is 0 Å². The quantitative estimate of drug-likeness (QED) is 0.323. The third-order valence-corrected chi connectivity index (χ3v) is 0.471. The second-order valence-corrected chi connectivity index (χ2v) is 1.63. The van der Waals surface area contributed by atoms with E-state index >= 15 is 0 Å². The van der Waals surface area contributed by atoms with Gasteiger partial charge in [0, 0.05) is 0 Å². The van der Waals surface area contributed by atoms with Crippen molar-refractivity contribution in [3.05, 3.63) is 0 Å². The van der Waals surface area contributed by atoms with Crippen LogP contribution in [0.3, 0.4) is 0 Å². The van der Waals surface area contributed by atoms with Gasteiger partial charge in [-0.1, -0.05) is 19.8 Å². The monoisotopic (exact) mass is 75.1 g/mol. The Morgan fingerprint density at radius 1 is 1.50 bits per heavy atom. The average Bonchev–Trinajstić information content (AvgIpc) is 1.38. The Labute approximate surface area is 53.3 Å². The van der Waals surface area contributed by atoms with Crippen LogP contribution in [-0.2, 0) is 0 Å². The van der Waals surface area contributed by atoms with E-state index < -0.39 is 0 Å². The minimum Gasteiger partial charge on any atom is -0.626 e. The van der Waals surface area contributed by atoms with Gasteiger partial charge in [-0.25, -0.2) is 0 Å². The molecule has 0 rings (SSSR count).